The lowest BCUT2D eigenvalue weighted by molar-refractivity contribution is 0.0857. The number of aromatic nitrogens is 2. The molecule has 1 saturated carbocycles. The van der Waals surface area contributed by atoms with Crippen LogP contribution in [0.2, 0.25) is 0 Å². The number of carbonyl (C=O) groups excluding carboxylic acids is 1. The monoisotopic (exact) mass is 200 g/mol. The van der Waals surface area contributed by atoms with Crippen molar-refractivity contribution in [2.75, 3.05) is 0 Å². The predicted octanol–water partition coefficient (Wildman–Crippen LogP) is 2.55. The van der Waals surface area contributed by atoms with Crippen LogP contribution in [0.25, 0.3) is 10.9 Å². The van der Waals surface area contributed by atoms with E-state index in [0.29, 0.717) is 0 Å². The molecule has 0 radical (unpaired) electrons. The molecule has 3 heteroatoms. The Kier molecular flexibility index (Phi) is 1.84. The number of hydrogen-bond acceptors (Lipinski definition) is 2. The molecule has 2 heterocycles. The predicted molar refractivity (Wildman–Crippen MR) is 57.8 cm³/mol. The number of rotatable bonds is 2. The van der Waals surface area contributed by atoms with Crippen molar-refractivity contribution in [3.05, 3.63) is 30.2 Å². The Balaban J connectivity index is 2.06. The van der Waals surface area contributed by atoms with Crippen LogP contribution in [-0.2, 0) is 0 Å². The normalized spacial score (nSPS) is 16.5. The average molecular weight is 200 g/mol. The van der Waals surface area contributed by atoms with Crippen LogP contribution < -0.4 is 0 Å². The van der Waals surface area contributed by atoms with Gasteiger partial charge in [-0.2, -0.15) is 0 Å². The molecule has 3 nitrogen and oxygen atoms in total. The Morgan fingerprint density at radius 2 is 2.33 bits per heavy atom. The summed E-state index contributed by atoms with van der Waals surface area (Å²) in [5.41, 5.74) is 1.80. The first-order chi connectivity index (χ1) is 7.36. The van der Waals surface area contributed by atoms with Crippen molar-refractivity contribution in [2.45, 2.75) is 19.3 Å². The summed E-state index contributed by atoms with van der Waals surface area (Å²) in [7, 11) is 0. The first-order valence-electron chi connectivity index (χ1n) is 5.31. The minimum atomic E-state index is 0.254. The molecule has 0 saturated heterocycles. The number of fused-ring (bicyclic) bond motifs is 1. The van der Waals surface area contributed by atoms with E-state index < -0.39 is 0 Å². The van der Waals surface area contributed by atoms with Crippen molar-refractivity contribution in [1.82, 2.24) is 9.97 Å². The molecule has 0 spiro atoms. The highest BCUT2D eigenvalue weighted by molar-refractivity contribution is 6.08. The van der Waals surface area contributed by atoms with E-state index in [2.05, 4.69) is 9.97 Å². The maximum atomic E-state index is 12.1. The molecule has 76 valence electrons. The van der Waals surface area contributed by atoms with Gasteiger partial charge in [-0.25, -0.2) is 0 Å². The highest BCUT2D eigenvalue weighted by Gasteiger charge is 2.27. The lowest BCUT2D eigenvalue weighted by Gasteiger charge is -2.23. The number of pyridine rings is 1. The second-order valence-corrected chi connectivity index (χ2v) is 4.12. The molecule has 0 amide bonds. The third-order valence-corrected chi connectivity index (χ3v) is 3.22. The van der Waals surface area contributed by atoms with Gasteiger partial charge >= 0.3 is 0 Å². The van der Waals surface area contributed by atoms with Crippen LogP contribution in [0.3, 0.4) is 0 Å². The SMILES string of the molecule is O=C(c1c[nH]c2ccncc12)C1CCC1. The summed E-state index contributed by atoms with van der Waals surface area (Å²) in [5, 5.41) is 0.953. The van der Waals surface area contributed by atoms with Crippen LogP contribution in [0.5, 0.6) is 0 Å². The van der Waals surface area contributed by atoms with Gasteiger partial charge in [0.15, 0.2) is 5.78 Å². The van der Waals surface area contributed by atoms with E-state index in [9.17, 15) is 4.79 Å². The molecule has 1 aliphatic carbocycles. The van der Waals surface area contributed by atoms with Gasteiger partial charge in [-0.15, -0.1) is 0 Å². The number of nitrogens with one attached hydrogen (secondary N) is 1. The van der Waals surface area contributed by atoms with Crippen molar-refractivity contribution in [3.8, 4) is 0 Å². The number of hydrogen-bond donors (Lipinski definition) is 1. The molecule has 0 atom stereocenters. The molecular weight excluding hydrogens is 188 g/mol. The van der Waals surface area contributed by atoms with Crippen LogP contribution >= 0.6 is 0 Å². The summed E-state index contributed by atoms with van der Waals surface area (Å²) in [4.78, 5) is 19.2. The Morgan fingerprint density at radius 1 is 1.47 bits per heavy atom. The van der Waals surface area contributed by atoms with Crippen LogP contribution in [0, 0.1) is 5.92 Å². The summed E-state index contributed by atoms with van der Waals surface area (Å²) < 4.78 is 0. The molecule has 0 aliphatic heterocycles. The highest BCUT2D eigenvalue weighted by Crippen LogP contribution is 2.31. The first kappa shape index (κ1) is 8.65. The van der Waals surface area contributed by atoms with E-state index in [1.165, 1.54) is 6.42 Å². The van der Waals surface area contributed by atoms with Crippen molar-refractivity contribution in [2.24, 2.45) is 5.92 Å². The molecule has 3 rings (SSSR count). The second-order valence-electron chi connectivity index (χ2n) is 4.12. The number of H-pyrrole nitrogens is 1. The van der Waals surface area contributed by atoms with Gasteiger partial charge in [0.2, 0.25) is 0 Å². The smallest absolute Gasteiger partial charge is 0.168 e. The Morgan fingerprint density at radius 3 is 3.07 bits per heavy atom. The maximum absolute atomic E-state index is 12.1. The van der Waals surface area contributed by atoms with Crippen LogP contribution in [0.1, 0.15) is 29.6 Å². The number of aromatic amines is 1. The van der Waals surface area contributed by atoms with E-state index in [-0.39, 0.29) is 11.7 Å². The van der Waals surface area contributed by atoms with Crippen molar-refractivity contribution in [3.63, 3.8) is 0 Å². The summed E-state index contributed by atoms with van der Waals surface area (Å²) >= 11 is 0. The molecule has 1 aliphatic rings. The third kappa shape index (κ3) is 1.27. The summed E-state index contributed by atoms with van der Waals surface area (Å²) in [6, 6.07) is 1.90. The van der Waals surface area contributed by atoms with Gasteiger partial charge in [-0.3, -0.25) is 9.78 Å². The zero-order valence-corrected chi connectivity index (χ0v) is 8.36. The van der Waals surface area contributed by atoms with Crippen LogP contribution in [-0.4, -0.2) is 15.8 Å². The van der Waals surface area contributed by atoms with E-state index in [1.54, 1.807) is 12.4 Å². The summed E-state index contributed by atoms with van der Waals surface area (Å²) in [6.07, 6.45) is 8.59. The molecule has 0 unspecified atom stereocenters. The standard InChI is InChI=1S/C12H12N2O/c15-12(8-2-1-3-8)10-7-14-11-4-5-13-6-9(10)11/h4-8,14H,1-3H2. The average Bonchev–Trinajstić information content (AvgIpc) is 2.58. The van der Waals surface area contributed by atoms with E-state index >= 15 is 0 Å². The highest BCUT2D eigenvalue weighted by atomic mass is 16.1. The van der Waals surface area contributed by atoms with Crippen LogP contribution in [0.15, 0.2) is 24.7 Å². The molecule has 15 heavy (non-hydrogen) atoms. The van der Waals surface area contributed by atoms with Crippen molar-refractivity contribution >= 4 is 16.7 Å². The molecule has 2 aromatic heterocycles. The Hall–Kier alpha value is -1.64. The zero-order valence-electron chi connectivity index (χ0n) is 8.36. The van der Waals surface area contributed by atoms with E-state index in [0.717, 1.165) is 29.3 Å². The van der Waals surface area contributed by atoms with Gasteiger partial charge in [0, 0.05) is 41.0 Å². The van der Waals surface area contributed by atoms with Crippen molar-refractivity contribution < 1.29 is 4.79 Å². The molecule has 2 aromatic rings. The lowest BCUT2D eigenvalue weighted by atomic mass is 9.80. The fourth-order valence-electron chi connectivity index (χ4n) is 2.06. The van der Waals surface area contributed by atoms with Gasteiger partial charge in [0.1, 0.15) is 0 Å². The molecular formula is C12H12N2O. The van der Waals surface area contributed by atoms with Crippen molar-refractivity contribution in [1.29, 1.82) is 0 Å². The number of nitrogens with zero attached hydrogens (tertiary/aromatic N) is 1. The Labute approximate surface area is 87.5 Å². The summed E-state index contributed by atoms with van der Waals surface area (Å²) in [6.45, 7) is 0. The first-order valence-corrected chi connectivity index (χ1v) is 5.31. The molecule has 0 bridgehead atoms. The largest absolute Gasteiger partial charge is 0.360 e. The topological polar surface area (TPSA) is 45.8 Å². The van der Waals surface area contributed by atoms with Gasteiger partial charge in [-0.05, 0) is 18.9 Å². The second kappa shape index (κ2) is 3.19. The minimum Gasteiger partial charge on any atom is -0.360 e. The van der Waals surface area contributed by atoms with E-state index in [4.69, 9.17) is 0 Å². The molecule has 1 N–H and O–H groups in total. The number of ketones is 1. The van der Waals surface area contributed by atoms with Gasteiger partial charge in [0.25, 0.3) is 0 Å². The maximum Gasteiger partial charge on any atom is 0.168 e. The third-order valence-electron chi connectivity index (χ3n) is 3.22. The molecule has 1 fully saturated rings. The fourth-order valence-corrected chi connectivity index (χ4v) is 2.06. The Bertz CT molecular complexity index is 511. The fraction of sp³-hybridized carbons (Fsp3) is 0.333. The quantitative estimate of drug-likeness (QED) is 0.757. The lowest BCUT2D eigenvalue weighted by Crippen LogP contribution is -2.21. The number of carbonyl (C=O) groups is 1. The number of Topliss-reactive ketones (excluding diaryl/α,β-unsaturated/α-hetero) is 1. The van der Waals surface area contributed by atoms with Gasteiger partial charge in [-0.1, -0.05) is 6.42 Å². The van der Waals surface area contributed by atoms with Gasteiger partial charge < -0.3 is 4.98 Å². The zero-order chi connectivity index (χ0) is 10.3. The van der Waals surface area contributed by atoms with E-state index in [1.807, 2.05) is 12.3 Å². The molecule has 0 aromatic carbocycles. The summed E-state index contributed by atoms with van der Waals surface area (Å²) in [5.74, 6) is 0.532. The minimum absolute atomic E-state index is 0.254. The van der Waals surface area contributed by atoms with Crippen LogP contribution in [0.4, 0.5) is 0 Å². The van der Waals surface area contributed by atoms with Gasteiger partial charge in [0.05, 0.1) is 0 Å².